The molecule has 1 aromatic rings. The van der Waals surface area contributed by atoms with Gasteiger partial charge in [-0.25, -0.2) is 9.78 Å². The summed E-state index contributed by atoms with van der Waals surface area (Å²) in [7, 11) is 0. The average molecular weight is 265 g/mol. The molecule has 1 fully saturated rings. The van der Waals surface area contributed by atoms with Crippen LogP contribution >= 0.6 is 0 Å². The molecule has 19 heavy (non-hydrogen) atoms. The van der Waals surface area contributed by atoms with E-state index in [2.05, 4.69) is 22.2 Å². The van der Waals surface area contributed by atoms with Crippen molar-refractivity contribution in [3.8, 4) is 0 Å². The molecule has 0 amide bonds. The fourth-order valence-corrected chi connectivity index (χ4v) is 2.65. The Morgan fingerprint density at radius 3 is 2.79 bits per heavy atom. The molecule has 0 spiro atoms. The SMILES string of the molecule is CCC1CCC(Nc2cc(=O)[nH]cn2)(C(=O)O)CC1. The number of H-pyrrole nitrogens is 1. The van der Waals surface area contributed by atoms with E-state index in [0.29, 0.717) is 24.6 Å². The summed E-state index contributed by atoms with van der Waals surface area (Å²) < 4.78 is 0. The molecular weight excluding hydrogens is 246 g/mol. The van der Waals surface area contributed by atoms with Crippen molar-refractivity contribution in [2.24, 2.45) is 5.92 Å². The van der Waals surface area contributed by atoms with Crippen molar-refractivity contribution in [3.63, 3.8) is 0 Å². The highest BCUT2D eigenvalue weighted by molar-refractivity contribution is 5.82. The minimum absolute atomic E-state index is 0.291. The number of carbonyl (C=O) groups is 1. The van der Waals surface area contributed by atoms with Crippen LogP contribution < -0.4 is 10.9 Å². The predicted octanol–water partition coefficient (Wildman–Crippen LogP) is 1.61. The zero-order valence-corrected chi connectivity index (χ0v) is 11.0. The summed E-state index contributed by atoms with van der Waals surface area (Å²) in [6.07, 6.45) is 5.26. The van der Waals surface area contributed by atoms with Crippen LogP contribution in [0, 0.1) is 5.92 Å². The minimum atomic E-state index is -0.994. The summed E-state index contributed by atoms with van der Waals surface area (Å²) in [5.74, 6) is 0.0478. The Hall–Kier alpha value is -1.85. The fraction of sp³-hybridized carbons (Fsp3) is 0.615. The highest BCUT2D eigenvalue weighted by Crippen LogP contribution is 2.35. The first-order chi connectivity index (χ1) is 9.05. The van der Waals surface area contributed by atoms with Crippen molar-refractivity contribution in [2.75, 3.05) is 5.32 Å². The third kappa shape index (κ3) is 2.94. The largest absolute Gasteiger partial charge is 0.480 e. The second kappa shape index (κ2) is 5.42. The second-order valence-corrected chi connectivity index (χ2v) is 5.16. The van der Waals surface area contributed by atoms with E-state index in [9.17, 15) is 14.7 Å². The van der Waals surface area contributed by atoms with Crippen molar-refractivity contribution < 1.29 is 9.90 Å². The molecule has 0 aliphatic heterocycles. The van der Waals surface area contributed by atoms with E-state index in [1.807, 2.05) is 0 Å². The van der Waals surface area contributed by atoms with E-state index < -0.39 is 11.5 Å². The summed E-state index contributed by atoms with van der Waals surface area (Å²) in [5, 5.41) is 12.5. The smallest absolute Gasteiger partial charge is 0.329 e. The van der Waals surface area contributed by atoms with Gasteiger partial charge < -0.3 is 15.4 Å². The van der Waals surface area contributed by atoms with Crippen LogP contribution in [0.2, 0.25) is 0 Å². The Balaban J connectivity index is 2.17. The van der Waals surface area contributed by atoms with Gasteiger partial charge in [0.15, 0.2) is 0 Å². The normalized spacial score (nSPS) is 26.9. The Labute approximate surface area is 111 Å². The lowest BCUT2D eigenvalue weighted by Crippen LogP contribution is -2.49. The van der Waals surface area contributed by atoms with Crippen molar-refractivity contribution in [2.45, 2.75) is 44.6 Å². The van der Waals surface area contributed by atoms with Crippen molar-refractivity contribution in [1.82, 2.24) is 9.97 Å². The number of aliphatic carboxylic acids is 1. The van der Waals surface area contributed by atoms with Crippen LogP contribution in [0.5, 0.6) is 0 Å². The van der Waals surface area contributed by atoms with Crippen LogP contribution in [0.3, 0.4) is 0 Å². The first kappa shape index (κ1) is 13.6. The Morgan fingerprint density at radius 1 is 1.58 bits per heavy atom. The minimum Gasteiger partial charge on any atom is -0.480 e. The molecule has 1 aliphatic rings. The lowest BCUT2D eigenvalue weighted by Gasteiger charge is -2.37. The number of carboxylic acid groups (broad SMARTS) is 1. The van der Waals surface area contributed by atoms with Crippen LogP contribution in [-0.4, -0.2) is 26.6 Å². The lowest BCUT2D eigenvalue weighted by atomic mass is 9.75. The molecule has 0 aromatic carbocycles. The highest BCUT2D eigenvalue weighted by Gasteiger charge is 2.41. The zero-order valence-electron chi connectivity index (χ0n) is 11.0. The molecule has 0 saturated heterocycles. The van der Waals surface area contributed by atoms with Crippen LogP contribution in [0.1, 0.15) is 39.0 Å². The summed E-state index contributed by atoms with van der Waals surface area (Å²) >= 11 is 0. The van der Waals surface area contributed by atoms with Crippen molar-refractivity contribution in [1.29, 1.82) is 0 Å². The van der Waals surface area contributed by atoms with Gasteiger partial charge in [0.25, 0.3) is 5.56 Å². The van der Waals surface area contributed by atoms with E-state index in [4.69, 9.17) is 0 Å². The molecule has 1 aromatic heterocycles. The first-order valence-electron chi connectivity index (χ1n) is 6.62. The molecule has 0 unspecified atom stereocenters. The van der Waals surface area contributed by atoms with Gasteiger partial charge in [-0.3, -0.25) is 4.79 Å². The molecule has 3 N–H and O–H groups in total. The van der Waals surface area contributed by atoms with Crippen LogP contribution in [-0.2, 0) is 4.79 Å². The van der Waals surface area contributed by atoms with Crippen LogP contribution in [0.4, 0.5) is 5.82 Å². The fourth-order valence-electron chi connectivity index (χ4n) is 2.65. The van der Waals surface area contributed by atoms with Crippen LogP contribution in [0.15, 0.2) is 17.2 Å². The Bertz CT molecular complexity index is 504. The molecule has 2 rings (SSSR count). The van der Waals surface area contributed by atoms with E-state index >= 15 is 0 Å². The summed E-state index contributed by atoms with van der Waals surface area (Å²) in [6.45, 7) is 2.13. The molecule has 1 aliphatic carbocycles. The van der Waals surface area contributed by atoms with Crippen molar-refractivity contribution >= 4 is 11.8 Å². The maximum atomic E-state index is 11.6. The van der Waals surface area contributed by atoms with Gasteiger partial charge in [-0.15, -0.1) is 0 Å². The summed E-state index contributed by atoms with van der Waals surface area (Å²) in [5.41, 5.74) is -1.28. The number of nitrogens with zero attached hydrogens (tertiary/aromatic N) is 1. The number of rotatable bonds is 4. The number of hydrogen-bond acceptors (Lipinski definition) is 4. The maximum absolute atomic E-state index is 11.6. The first-order valence-corrected chi connectivity index (χ1v) is 6.62. The van der Waals surface area contributed by atoms with Crippen LogP contribution in [0.25, 0.3) is 0 Å². The standard InChI is InChI=1S/C13H19N3O3/c1-2-9-3-5-13(6-4-9,12(18)19)16-10-7-11(17)15-8-14-10/h7-9H,2-6H2,1H3,(H,18,19)(H2,14,15,16,17). The third-order valence-electron chi connectivity index (χ3n) is 3.99. The van der Waals surface area contributed by atoms with Gasteiger partial charge in [-0.05, 0) is 31.6 Å². The topological polar surface area (TPSA) is 95.1 Å². The van der Waals surface area contributed by atoms with Gasteiger partial charge in [0.05, 0.1) is 6.33 Å². The van der Waals surface area contributed by atoms with E-state index in [1.165, 1.54) is 12.4 Å². The van der Waals surface area contributed by atoms with E-state index in [-0.39, 0.29) is 5.56 Å². The zero-order chi connectivity index (χ0) is 13.9. The molecule has 104 valence electrons. The van der Waals surface area contributed by atoms with Gasteiger partial charge in [0.2, 0.25) is 0 Å². The second-order valence-electron chi connectivity index (χ2n) is 5.16. The third-order valence-corrected chi connectivity index (χ3v) is 3.99. The van der Waals surface area contributed by atoms with Crippen molar-refractivity contribution in [3.05, 3.63) is 22.7 Å². The van der Waals surface area contributed by atoms with E-state index in [1.54, 1.807) is 0 Å². The lowest BCUT2D eigenvalue weighted by molar-refractivity contribution is -0.143. The summed E-state index contributed by atoms with van der Waals surface area (Å²) in [4.78, 5) is 29.2. The number of aromatic amines is 1. The molecule has 1 saturated carbocycles. The maximum Gasteiger partial charge on any atom is 0.329 e. The van der Waals surface area contributed by atoms with Gasteiger partial charge in [-0.2, -0.15) is 0 Å². The average Bonchev–Trinajstić information content (AvgIpc) is 2.39. The number of aromatic nitrogens is 2. The molecule has 0 bridgehead atoms. The monoisotopic (exact) mass is 265 g/mol. The Morgan fingerprint density at radius 2 is 2.26 bits per heavy atom. The molecule has 6 nitrogen and oxygen atoms in total. The molecule has 1 heterocycles. The molecular formula is C13H19N3O3. The number of anilines is 1. The number of hydrogen-bond donors (Lipinski definition) is 3. The quantitative estimate of drug-likeness (QED) is 0.768. The van der Waals surface area contributed by atoms with Gasteiger partial charge in [0, 0.05) is 6.07 Å². The molecule has 0 radical (unpaired) electrons. The summed E-state index contributed by atoms with van der Waals surface area (Å²) in [6, 6.07) is 1.29. The molecule has 6 heteroatoms. The van der Waals surface area contributed by atoms with E-state index in [0.717, 1.165) is 19.3 Å². The number of nitrogens with one attached hydrogen (secondary N) is 2. The molecule has 0 atom stereocenters. The number of carboxylic acids is 1. The van der Waals surface area contributed by atoms with Gasteiger partial charge in [-0.1, -0.05) is 13.3 Å². The predicted molar refractivity (Wildman–Crippen MR) is 71.1 cm³/mol. The van der Waals surface area contributed by atoms with Gasteiger partial charge in [0.1, 0.15) is 11.4 Å². The van der Waals surface area contributed by atoms with Gasteiger partial charge >= 0.3 is 5.97 Å². The Kier molecular flexibility index (Phi) is 3.87. The highest BCUT2D eigenvalue weighted by atomic mass is 16.4.